The maximum Gasteiger partial charge on any atom is 0.261 e. The van der Waals surface area contributed by atoms with Crippen LogP contribution in [0.4, 0.5) is 0 Å². The van der Waals surface area contributed by atoms with Crippen LogP contribution in [0.15, 0.2) is 12.1 Å². The van der Waals surface area contributed by atoms with Gasteiger partial charge in [0.25, 0.3) is 5.91 Å². The van der Waals surface area contributed by atoms with Gasteiger partial charge < -0.3 is 5.32 Å². The molecule has 16 heavy (non-hydrogen) atoms. The number of thiophene rings is 1. The molecule has 0 radical (unpaired) electrons. The smallest absolute Gasteiger partial charge is 0.261 e. The number of aryl methyl sites for hydroxylation is 1. The first-order valence-corrected chi connectivity index (χ1v) is 6.86. The summed E-state index contributed by atoms with van der Waals surface area (Å²) in [4.78, 5) is 14.0. The summed E-state index contributed by atoms with van der Waals surface area (Å²) in [5, 5.41) is 3.17. The molecule has 1 heterocycles. The van der Waals surface area contributed by atoms with Crippen molar-refractivity contribution >= 4 is 17.2 Å². The Morgan fingerprint density at radius 2 is 2.12 bits per heavy atom. The van der Waals surface area contributed by atoms with Gasteiger partial charge in [-0.25, -0.2) is 0 Å². The molecular formula is C13H19NOS. The molecule has 1 fully saturated rings. The van der Waals surface area contributed by atoms with Crippen molar-refractivity contribution in [2.75, 3.05) is 0 Å². The van der Waals surface area contributed by atoms with Crippen LogP contribution in [0.2, 0.25) is 0 Å². The van der Waals surface area contributed by atoms with Crippen LogP contribution >= 0.6 is 11.3 Å². The summed E-state index contributed by atoms with van der Waals surface area (Å²) < 4.78 is 0. The predicted octanol–water partition coefficient (Wildman–Crippen LogP) is 3.37. The normalized spacial score (nSPS) is 25.4. The second kappa shape index (κ2) is 5.00. The van der Waals surface area contributed by atoms with E-state index in [9.17, 15) is 4.79 Å². The van der Waals surface area contributed by atoms with Gasteiger partial charge in [-0.3, -0.25) is 4.79 Å². The second-order valence-corrected chi connectivity index (χ2v) is 6.04. The standard InChI is InChI=1S/C13H19NOS/c1-9-5-3-4-6-11(9)14-13(15)12-8-7-10(2)16-12/h7-9,11H,3-6H2,1-2H3,(H,14,15)/t9-,11+/m0/s1. The largest absolute Gasteiger partial charge is 0.348 e. The van der Waals surface area contributed by atoms with Crippen LogP contribution in [0.5, 0.6) is 0 Å². The fraction of sp³-hybridized carbons (Fsp3) is 0.615. The molecule has 2 rings (SSSR count). The predicted molar refractivity (Wildman–Crippen MR) is 67.9 cm³/mol. The van der Waals surface area contributed by atoms with Crippen molar-refractivity contribution in [2.24, 2.45) is 5.92 Å². The van der Waals surface area contributed by atoms with E-state index in [2.05, 4.69) is 12.2 Å². The van der Waals surface area contributed by atoms with E-state index in [1.807, 2.05) is 19.1 Å². The van der Waals surface area contributed by atoms with Crippen molar-refractivity contribution in [1.82, 2.24) is 5.32 Å². The zero-order valence-electron chi connectivity index (χ0n) is 9.95. The molecule has 0 bridgehead atoms. The van der Waals surface area contributed by atoms with Crippen molar-refractivity contribution in [3.05, 3.63) is 21.9 Å². The van der Waals surface area contributed by atoms with Gasteiger partial charge in [0.15, 0.2) is 0 Å². The highest BCUT2D eigenvalue weighted by atomic mass is 32.1. The molecule has 2 atom stereocenters. The number of carbonyl (C=O) groups is 1. The molecule has 1 aliphatic rings. The number of hydrogen-bond acceptors (Lipinski definition) is 2. The fourth-order valence-corrected chi connectivity index (χ4v) is 3.10. The van der Waals surface area contributed by atoms with Crippen molar-refractivity contribution in [2.45, 2.75) is 45.6 Å². The first-order valence-electron chi connectivity index (χ1n) is 6.04. The minimum atomic E-state index is 0.108. The highest BCUT2D eigenvalue weighted by Gasteiger charge is 2.23. The molecule has 0 unspecified atom stereocenters. The molecule has 3 heteroatoms. The third kappa shape index (κ3) is 2.64. The maximum atomic E-state index is 12.0. The van der Waals surface area contributed by atoms with E-state index in [-0.39, 0.29) is 5.91 Å². The van der Waals surface area contributed by atoms with E-state index in [1.165, 1.54) is 24.1 Å². The Labute approximate surface area is 101 Å². The van der Waals surface area contributed by atoms with E-state index in [0.29, 0.717) is 12.0 Å². The van der Waals surface area contributed by atoms with Gasteiger partial charge in [-0.1, -0.05) is 19.8 Å². The van der Waals surface area contributed by atoms with Crippen LogP contribution in [0, 0.1) is 12.8 Å². The molecule has 2 nitrogen and oxygen atoms in total. The van der Waals surface area contributed by atoms with Gasteiger partial charge in [-0.2, -0.15) is 0 Å². The molecule has 1 aromatic rings. The zero-order valence-corrected chi connectivity index (χ0v) is 10.8. The Kier molecular flexibility index (Phi) is 3.64. The van der Waals surface area contributed by atoms with Gasteiger partial charge in [0.05, 0.1) is 4.88 Å². The minimum Gasteiger partial charge on any atom is -0.348 e. The number of amides is 1. The molecular weight excluding hydrogens is 218 g/mol. The topological polar surface area (TPSA) is 29.1 Å². The van der Waals surface area contributed by atoms with Crippen LogP contribution in [0.3, 0.4) is 0 Å². The zero-order chi connectivity index (χ0) is 11.5. The van der Waals surface area contributed by atoms with Crippen LogP contribution < -0.4 is 5.32 Å². The van der Waals surface area contributed by atoms with Crippen molar-refractivity contribution < 1.29 is 4.79 Å². The molecule has 1 aromatic heterocycles. The summed E-state index contributed by atoms with van der Waals surface area (Å²) in [5.41, 5.74) is 0. The van der Waals surface area contributed by atoms with E-state index in [4.69, 9.17) is 0 Å². The van der Waals surface area contributed by atoms with Crippen LogP contribution in [-0.2, 0) is 0 Å². The lowest BCUT2D eigenvalue weighted by molar-refractivity contribution is 0.0914. The van der Waals surface area contributed by atoms with Crippen LogP contribution in [0.1, 0.15) is 47.2 Å². The highest BCUT2D eigenvalue weighted by Crippen LogP contribution is 2.24. The summed E-state index contributed by atoms with van der Waals surface area (Å²) in [7, 11) is 0. The minimum absolute atomic E-state index is 0.108. The van der Waals surface area contributed by atoms with Gasteiger partial charge in [-0.05, 0) is 37.8 Å². The van der Waals surface area contributed by atoms with E-state index < -0.39 is 0 Å². The number of rotatable bonds is 2. The molecule has 1 aliphatic carbocycles. The summed E-state index contributed by atoms with van der Waals surface area (Å²) in [5.74, 6) is 0.732. The average Bonchev–Trinajstić information content (AvgIpc) is 2.68. The first kappa shape index (κ1) is 11.6. The van der Waals surface area contributed by atoms with Crippen LogP contribution in [-0.4, -0.2) is 11.9 Å². The van der Waals surface area contributed by atoms with Gasteiger partial charge in [0.1, 0.15) is 0 Å². The van der Waals surface area contributed by atoms with Gasteiger partial charge in [0, 0.05) is 10.9 Å². The van der Waals surface area contributed by atoms with Gasteiger partial charge in [0.2, 0.25) is 0 Å². The maximum absolute atomic E-state index is 12.0. The Morgan fingerprint density at radius 1 is 1.38 bits per heavy atom. The van der Waals surface area contributed by atoms with E-state index in [1.54, 1.807) is 11.3 Å². The molecule has 88 valence electrons. The van der Waals surface area contributed by atoms with Gasteiger partial charge >= 0.3 is 0 Å². The third-order valence-electron chi connectivity index (χ3n) is 3.39. The molecule has 0 aromatic carbocycles. The summed E-state index contributed by atoms with van der Waals surface area (Å²) in [6, 6.07) is 4.30. The third-order valence-corrected chi connectivity index (χ3v) is 4.39. The van der Waals surface area contributed by atoms with Crippen molar-refractivity contribution in [3.8, 4) is 0 Å². The lowest BCUT2D eigenvalue weighted by Crippen LogP contribution is -2.40. The Bertz CT molecular complexity index is 372. The SMILES string of the molecule is Cc1ccc(C(=O)N[C@@H]2CCCC[C@@H]2C)s1. The molecule has 0 aliphatic heterocycles. The Morgan fingerprint density at radius 3 is 2.75 bits per heavy atom. The summed E-state index contributed by atoms with van der Waals surface area (Å²) in [6.07, 6.45) is 4.94. The quantitative estimate of drug-likeness (QED) is 0.839. The molecule has 1 saturated carbocycles. The number of nitrogens with one attached hydrogen (secondary N) is 1. The first-order chi connectivity index (χ1) is 7.66. The summed E-state index contributed by atoms with van der Waals surface area (Å²) >= 11 is 1.57. The van der Waals surface area contributed by atoms with Crippen molar-refractivity contribution in [3.63, 3.8) is 0 Å². The lowest BCUT2D eigenvalue weighted by atomic mass is 9.86. The van der Waals surface area contributed by atoms with Gasteiger partial charge in [-0.15, -0.1) is 11.3 Å². The number of carbonyl (C=O) groups excluding carboxylic acids is 1. The number of hydrogen-bond donors (Lipinski definition) is 1. The second-order valence-electron chi connectivity index (χ2n) is 4.75. The highest BCUT2D eigenvalue weighted by molar-refractivity contribution is 7.13. The lowest BCUT2D eigenvalue weighted by Gasteiger charge is -2.29. The summed E-state index contributed by atoms with van der Waals surface area (Å²) in [6.45, 7) is 4.27. The fourth-order valence-electron chi connectivity index (χ4n) is 2.33. The molecule has 0 spiro atoms. The van der Waals surface area contributed by atoms with E-state index in [0.717, 1.165) is 11.3 Å². The van der Waals surface area contributed by atoms with E-state index >= 15 is 0 Å². The van der Waals surface area contributed by atoms with Crippen molar-refractivity contribution in [1.29, 1.82) is 0 Å². The molecule has 0 saturated heterocycles. The average molecular weight is 237 g/mol. The Balaban J connectivity index is 1.96. The Hall–Kier alpha value is -0.830. The monoisotopic (exact) mass is 237 g/mol. The molecule has 1 N–H and O–H groups in total. The molecule has 1 amide bonds. The van der Waals surface area contributed by atoms with Crippen LogP contribution in [0.25, 0.3) is 0 Å².